The van der Waals surface area contributed by atoms with E-state index in [4.69, 9.17) is 14.7 Å². The molecular weight excluding hydrogens is 472 g/mol. The molecule has 4 aromatic heterocycles. The number of aromatic nitrogens is 6. The molecule has 5 heterocycles. The molecule has 1 amide bonds. The molecule has 0 aromatic carbocycles. The SMILES string of the molecule is CCSc1nc(N2CCOCC2)c2cnn(CCNC(=O)c3sc(-n4cccc4)nc3C)c2n1. The highest BCUT2D eigenvalue weighted by Crippen LogP contribution is 2.28. The summed E-state index contributed by atoms with van der Waals surface area (Å²) in [5.41, 5.74) is 1.51. The molecule has 0 bridgehead atoms. The largest absolute Gasteiger partial charge is 0.378 e. The fourth-order valence-corrected chi connectivity index (χ4v) is 5.33. The van der Waals surface area contributed by atoms with Crippen LogP contribution in [0, 0.1) is 6.92 Å². The van der Waals surface area contributed by atoms with Gasteiger partial charge >= 0.3 is 0 Å². The van der Waals surface area contributed by atoms with Crippen LogP contribution in [0.25, 0.3) is 16.2 Å². The Balaban J connectivity index is 1.31. The van der Waals surface area contributed by atoms with E-state index in [9.17, 15) is 4.79 Å². The van der Waals surface area contributed by atoms with Crippen LogP contribution >= 0.6 is 23.1 Å². The Morgan fingerprint density at radius 3 is 2.76 bits per heavy atom. The number of hydrogen-bond donors (Lipinski definition) is 1. The van der Waals surface area contributed by atoms with Crippen molar-refractivity contribution < 1.29 is 9.53 Å². The number of anilines is 1. The van der Waals surface area contributed by atoms with Gasteiger partial charge in [-0.05, 0) is 24.8 Å². The van der Waals surface area contributed by atoms with Crippen LogP contribution in [-0.2, 0) is 11.3 Å². The number of aryl methyl sites for hydroxylation is 1. The Hall–Kier alpha value is -2.96. The molecule has 1 aliphatic rings. The average molecular weight is 499 g/mol. The minimum Gasteiger partial charge on any atom is -0.378 e. The maximum absolute atomic E-state index is 12.8. The second-order valence-corrected chi connectivity index (χ2v) is 9.93. The Labute approximate surface area is 205 Å². The Morgan fingerprint density at radius 1 is 1.21 bits per heavy atom. The lowest BCUT2D eigenvalue weighted by Crippen LogP contribution is -2.37. The minimum atomic E-state index is -0.129. The molecule has 4 aromatic rings. The second kappa shape index (κ2) is 10.1. The molecule has 10 nitrogen and oxygen atoms in total. The highest BCUT2D eigenvalue weighted by atomic mass is 32.2. The highest BCUT2D eigenvalue weighted by molar-refractivity contribution is 7.99. The van der Waals surface area contributed by atoms with Crippen molar-refractivity contribution >= 4 is 45.9 Å². The maximum atomic E-state index is 12.8. The van der Waals surface area contributed by atoms with Gasteiger partial charge in [-0.2, -0.15) is 5.10 Å². The van der Waals surface area contributed by atoms with E-state index in [-0.39, 0.29) is 5.91 Å². The van der Waals surface area contributed by atoms with Gasteiger partial charge in [0.25, 0.3) is 5.91 Å². The summed E-state index contributed by atoms with van der Waals surface area (Å²) in [6.45, 7) is 7.84. The van der Waals surface area contributed by atoms with Crippen LogP contribution in [0.1, 0.15) is 22.3 Å². The first-order chi connectivity index (χ1) is 16.6. The lowest BCUT2D eigenvalue weighted by Gasteiger charge is -2.28. The zero-order chi connectivity index (χ0) is 23.5. The van der Waals surface area contributed by atoms with Crippen LogP contribution in [-0.4, -0.2) is 73.8 Å². The summed E-state index contributed by atoms with van der Waals surface area (Å²) in [4.78, 5) is 29.7. The van der Waals surface area contributed by atoms with Crippen molar-refractivity contribution in [2.75, 3.05) is 43.5 Å². The predicted octanol–water partition coefficient (Wildman–Crippen LogP) is 2.76. The molecule has 12 heteroatoms. The molecule has 0 unspecified atom stereocenters. The standard InChI is InChI=1S/C22H26N8O2S2/c1-3-33-21-26-18(28-10-12-32-13-11-28)16-14-24-30(19(16)27-21)9-6-23-20(31)17-15(2)25-22(34-17)29-7-4-5-8-29/h4-5,7-8,14H,3,6,9-13H2,1-2H3,(H,23,31). The first-order valence-electron chi connectivity index (χ1n) is 11.2. The Bertz CT molecular complexity index is 1280. The number of hydrogen-bond acceptors (Lipinski definition) is 9. The van der Waals surface area contributed by atoms with Crippen molar-refractivity contribution in [3.63, 3.8) is 0 Å². The number of carbonyl (C=O) groups is 1. The third-order valence-corrected chi connectivity index (χ3v) is 7.36. The number of thiazole rings is 1. The van der Waals surface area contributed by atoms with Gasteiger partial charge in [-0.25, -0.2) is 19.6 Å². The van der Waals surface area contributed by atoms with Crippen molar-refractivity contribution in [3.8, 4) is 5.13 Å². The molecule has 1 fully saturated rings. The van der Waals surface area contributed by atoms with E-state index in [2.05, 4.69) is 27.2 Å². The monoisotopic (exact) mass is 498 g/mol. The Morgan fingerprint density at radius 2 is 2.00 bits per heavy atom. The highest BCUT2D eigenvalue weighted by Gasteiger charge is 2.21. The smallest absolute Gasteiger partial charge is 0.263 e. The zero-order valence-corrected chi connectivity index (χ0v) is 20.7. The summed E-state index contributed by atoms with van der Waals surface area (Å²) in [6.07, 6.45) is 5.65. The zero-order valence-electron chi connectivity index (χ0n) is 19.1. The summed E-state index contributed by atoms with van der Waals surface area (Å²) < 4.78 is 9.25. The van der Waals surface area contributed by atoms with Gasteiger partial charge in [-0.15, -0.1) is 0 Å². The molecule has 1 saturated heterocycles. The summed E-state index contributed by atoms with van der Waals surface area (Å²) in [7, 11) is 0. The number of thioether (sulfide) groups is 1. The number of nitrogens with one attached hydrogen (secondary N) is 1. The first-order valence-corrected chi connectivity index (χ1v) is 13.0. The van der Waals surface area contributed by atoms with Gasteiger partial charge in [0, 0.05) is 32.0 Å². The topological polar surface area (TPSA) is 103 Å². The second-order valence-electron chi connectivity index (χ2n) is 7.72. The van der Waals surface area contributed by atoms with Crippen molar-refractivity contribution in [3.05, 3.63) is 41.3 Å². The summed E-state index contributed by atoms with van der Waals surface area (Å²) in [6, 6.07) is 3.87. The molecule has 0 spiro atoms. The van der Waals surface area contributed by atoms with Crippen LogP contribution in [0.15, 0.2) is 35.9 Å². The van der Waals surface area contributed by atoms with E-state index < -0.39 is 0 Å². The van der Waals surface area contributed by atoms with Gasteiger partial charge in [0.1, 0.15) is 10.7 Å². The van der Waals surface area contributed by atoms with Gasteiger partial charge in [-0.1, -0.05) is 30.0 Å². The number of nitrogens with zero attached hydrogens (tertiary/aromatic N) is 7. The number of amides is 1. The lowest BCUT2D eigenvalue weighted by atomic mass is 10.3. The number of ether oxygens (including phenoxy) is 1. The number of carbonyl (C=O) groups excluding carboxylic acids is 1. The van der Waals surface area contributed by atoms with Gasteiger partial charge < -0.3 is 19.5 Å². The van der Waals surface area contributed by atoms with Crippen LogP contribution in [0.5, 0.6) is 0 Å². The molecule has 1 aliphatic heterocycles. The molecule has 5 rings (SSSR count). The predicted molar refractivity (Wildman–Crippen MR) is 133 cm³/mol. The number of morpholine rings is 1. The molecule has 0 radical (unpaired) electrons. The fraction of sp³-hybridized carbons (Fsp3) is 0.409. The fourth-order valence-electron chi connectivity index (χ4n) is 3.82. The van der Waals surface area contributed by atoms with Gasteiger partial charge in [0.15, 0.2) is 15.9 Å². The number of fused-ring (bicyclic) bond motifs is 1. The molecule has 0 saturated carbocycles. The summed E-state index contributed by atoms with van der Waals surface area (Å²) in [5, 5.41) is 10.00. The van der Waals surface area contributed by atoms with E-state index in [0.717, 1.165) is 51.7 Å². The minimum absolute atomic E-state index is 0.129. The Kier molecular flexibility index (Phi) is 6.79. The van der Waals surface area contributed by atoms with Gasteiger partial charge in [0.05, 0.1) is 37.0 Å². The van der Waals surface area contributed by atoms with Crippen LogP contribution < -0.4 is 10.2 Å². The maximum Gasteiger partial charge on any atom is 0.263 e. The van der Waals surface area contributed by atoms with Crippen LogP contribution in [0.3, 0.4) is 0 Å². The van der Waals surface area contributed by atoms with E-state index in [0.29, 0.717) is 31.2 Å². The van der Waals surface area contributed by atoms with E-state index >= 15 is 0 Å². The first kappa shape index (κ1) is 22.8. The molecular formula is C22H26N8O2S2. The van der Waals surface area contributed by atoms with E-state index in [1.54, 1.807) is 11.8 Å². The van der Waals surface area contributed by atoms with Crippen LogP contribution in [0.2, 0.25) is 0 Å². The molecule has 34 heavy (non-hydrogen) atoms. The molecule has 0 aliphatic carbocycles. The van der Waals surface area contributed by atoms with Crippen molar-refractivity contribution in [2.45, 2.75) is 25.5 Å². The molecule has 1 N–H and O–H groups in total. The van der Waals surface area contributed by atoms with Gasteiger partial charge in [0.2, 0.25) is 0 Å². The van der Waals surface area contributed by atoms with Crippen LogP contribution in [0.4, 0.5) is 5.82 Å². The van der Waals surface area contributed by atoms with E-state index in [1.807, 2.05) is 46.9 Å². The van der Waals surface area contributed by atoms with Crippen molar-refractivity contribution in [2.24, 2.45) is 0 Å². The summed E-state index contributed by atoms with van der Waals surface area (Å²) >= 11 is 2.99. The van der Waals surface area contributed by atoms with Crippen molar-refractivity contribution in [1.82, 2.24) is 34.6 Å². The quantitative estimate of drug-likeness (QED) is 0.292. The molecule has 178 valence electrons. The normalized spacial score (nSPS) is 14.1. The summed E-state index contributed by atoms with van der Waals surface area (Å²) in [5.74, 6) is 1.66. The lowest BCUT2D eigenvalue weighted by molar-refractivity contribution is 0.0955. The number of rotatable bonds is 8. The van der Waals surface area contributed by atoms with Crippen molar-refractivity contribution in [1.29, 1.82) is 0 Å². The third kappa shape index (κ3) is 4.65. The van der Waals surface area contributed by atoms with E-state index in [1.165, 1.54) is 11.3 Å². The molecule has 0 atom stereocenters. The average Bonchev–Trinajstić information content (AvgIpc) is 3.60. The van der Waals surface area contributed by atoms with Gasteiger partial charge in [-0.3, -0.25) is 4.79 Å². The third-order valence-electron chi connectivity index (χ3n) is 5.47.